The molecule has 0 N–H and O–H groups in total. The van der Waals surface area contributed by atoms with E-state index in [1.165, 1.54) is 0 Å². The van der Waals surface area contributed by atoms with Crippen LogP contribution in [0.3, 0.4) is 0 Å². The lowest BCUT2D eigenvalue weighted by molar-refractivity contribution is -0.665. The highest BCUT2D eigenvalue weighted by atomic mass is 19.1. The molecule has 4 rings (SSSR count). The third-order valence-corrected chi connectivity index (χ3v) is 4.99. The second-order valence-electron chi connectivity index (χ2n) is 6.68. The van der Waals surface area contributed by atoms with Crippen molar-refractivity contribution in [2.24, 2.45) is 7.05 Å². The monoisotopic (exact) mass is 343 g/mol. The molecule has 0 amide bonds. The van der Waals surface area contributed by atoms with Crippen LogP contribution in [0.25, 0.3) is 33.2 Å². The van der Waals surface area contributed by atoms with Crippen molar-refractivity contribution in [3.05, 3.63) is 89.8 Å². The number of pyridine rings is 1. The number of aryl methyl sites for hydroxylation is 1. The van der Waals surface area contributed by atoms with E-state index in [9.17, 15) is 4.39 Å². The average molecular weight is 343 g/mol. The van der Waals surface area contributed by atoms with Crippen LogP contribution in [0.15, 0.2) is 72.8 Å². The van der Waals surface area contributed by atoms with Crippen molar-refractivity contribution in [2.75, 3.05) is 0 Å². The number of benzene rings is 3. The fraction of sp³-hybridized carbons (Fsp3) is 0.125. The Morgan fingerprint density at radius 1 is 0.885 bits per heavy atom. The third-order valence-electron chi connectivity index (χ3n) is 4.99. The molecule has 1 heterocycles. The smallest absolute Gasteiger partial charge is 0.206 e. The summed E-state index contributed by atoms with van der Waals surface area (Å²) >= 11 is 0. The second-order valence-corrected chi connectivity index (χ2v) is 6.68. The second kappa shape index (κ2) is 6.38. The first-order chi connectivity index (χ1) is 13.0. The van der Waals surface area contributed by atoms with E-state index < -0.39 is 0 Å². The van der Waals surface area contributed by atoms with Gasteiger partial charge in [0.1, 0.15) is 12.9 Å². The van der Waals surface area contributed by atoms with Gasteiger partial charge in [-0.3, -0.25) is 0 Å². The fourth-order valence-corrected chi connectivity index (χ4v) is 3.52. The number of fused-ring (bicyclic) bond motifs is 1. The SMILES string of the molecule is [2H]c1c(C)[n+](C)c(-c2cc(-c3ccccc3)c(F)cc2C)c2ccccc12. The number of halogens is 1. The van der Waals surface area contributed by atoms with Crippen LogP contribution in [0.2, 0.25) is 0 Å². The number of aromatic nitrogens is 1. The molecular formula is C24H21FN+. The molecule has 1 aromatic heterocycles. The van der Waals surface area contributed by atoms with Gasteiger partial charge in [0.25, 0.3) is 0 Å². The van der Waals surface area contributed by atoms with Gasteiger partial charge in [-0.25, -0.2) is 4.39 Å². The Morgan fingerprint density at radius 3 is 2.35 bits per heavy atom. The zero-order valence-electron chi connectivity index (χ0n) is 16.2. The van der Waals surface area contributed by atoms with Crippen LogP contribution < -0.4 is 4.57 Å². The van der Waals surface area contributed by atoms with Crippen LogP contribution in [-0.4, -0.2) is 0 Å². The van der Waals surface area contributed by atoms with Gasteiger partial charge >= 0.3 is 0 Å². The van der Waals surface area contributed by atoms with Crippen molar-refractivity contribution < 1.29 is 10.3 Å². The molecule has 0 saturated heterocycles. The molecule has 1 nitrogen and oxygen atoms in total. The minimum atomic E-state index is -0.219. The zero-order chi connectivity index (χ0) is 19.1. The molecule has 26 heavy (non-hydrogen) atoms. The summed E-state index contributed by atoms with van der Waals surface area (Å²) in [6.07, 6.45) is 0. The maximum absolute atomic E-state index is 14.8. The number of hydrogen-bond acceptors (Lipinski definition) is 0. The Balaban J connectivity index is 2.09. The predicted molar refractivity (Wildman–Crippen MR) is 105 cm³/mol. The summed E-state index contributed by atoms with van der Waals surface area (Å²) < 4.78 is 25.3. The van der Waals surface area contributed by atoms with Gasteiger partial charge in [-0.05, 0) is 41.6 Å². The van der Waals surface area contributed by atoms with Gasteiger partial charge in [-0.2, -0.15) is 4.57 Å². The summed E-state index contributed by atoms with van der Waals surface area (Å²) in [7, 11) is 1.97. The van der Waals surface area contributed by atoms with Crippen LogP contribution in [0.4, 0.5) is 4.39 Å². The fourth-order valence-electron chi connectivity index (χ4n) is 3.52. The molecule has 0 aliphatic rings. The van der Waals surface area contributed by atoms with Crippen LogP contribution in [-0.2, 0) is 7.05 Å². The summed E-state index contributed by atoms with van der Waals surface area (Å²) in [5.74, 6) is -0.219. The van der Waals surface area contributed by atoms with Crippen LogP contribution in [0, 0.1) is 19.7 Å². The molecule has 3 aromatic carbocycles. The highest BCUT2D eigenvalue weighted by molar-refractivity contribution is 5.94. The third kappa shape index (κ3) is 2.68. The van der Waals surface area contributed by atoms with Gasteiger partial charge in [0.2, 0.25) is 5.69 Å². The van der Waals surface area contributed by atoms with E-state index in [4.69, 9.17) is 1.37 Å². The Labute approximate surface area is 154 Å². The van der Waals surface area contributed by atoms with E-state index in [0.717, 1.165) is 38.9 Å². The van der Waals surface area contributed by atoms with Crippen molar-refractivity contribution in [1.82, 2.24) is 0 Å². The van der Waals surface area contributed by atoms with Crippen molar-refractivity contribution in [1.29, 1.82) is 0 Å². The van der Waals surface area contributed by atoms with Gasteiger partial charge in [0.15, 0.2) is 5.69 Å². The molecule has 0 atom stereocenters. The van der Waals surface area contributed by atoms with E-state index >= 15 is 0 Å². The summed E-state index contributed by atoms with van der Waals surface area (Å²) in [5.41, 5.74) is 5.20. The summed E-state index contributed by atoms with van der Waals surface area (Å²) in [4.78, 5) is 0. The Bertz CT molecular complexity index is 1170. The largest absolute Gasteiger partial charge is 0.220 e. The molecule has 0 aliphatic carbocycles. The van der Waals surface area contributed by atoms with E-state index in [2.05, 4.69) is 0 Å². The summed E-state index contributed by atoms with van der Waals surface area (Å²) in [5, 5.41) is 1.91. The molecule has 2 heteroatoms. The first kappa shape index (κ1) is 15.3. The van der Waals surface area contributed by atoms with Crippen LogP contribution >= 0.6 is 0 Å². The molecule has 0 bridgehead atoms. The highest BCUT2D eigenvalue weighted by Crippen LogP contribution is 2.33. The van der Waals surface area contributed by atoms with Crippen LogP contribution in [0.5, 0.6) is 0 Å². The Kier molecular flexibility index (Phi) is 3.75. The molecular weight excluding hydrogens is 321 g/mol. The topological polar surface area (TPSA) is 3.88 Å². The van der Waals surface area contributed by atoms with Gasteiger partial charge < -0.3 is 0 Å². The molecule has 0 spiro atoms. The van der Waals surface area contributed by atoms with Crippen molar-refractivity contribution in [3.8, 4) is 22.4 Å². The van der Waals surface area contributed by atoms with Gasteiger partial charge in [0, 0.05) is 18.5 Å². The number of nitrogens with zero attached hydrogens (tertiary/aromatic N) is 1. The van der Waals surface area contributed by atoms with Gasteiger partial charge in [-0.15, -0.1) is 0 Å². The highest BCUT2D eigenvalue weighted by Gasteiger charge is 2.21. The summed E-state index contributed by atoms with van der Waals surface area (Å²) in [6, 6.07) is 21.6. The zero-order valence-corrected chi connectivity index (χ0v) is 15.2. The standard InChI is InChI=1S/C24H21FN/c1-16-13-23(25)22(18-9-5-4-6-10-18)15-21(16)24-20-12-8-7-11-19(20)14-17(2)26(24)3/h4-15H,1-3H3/q+1/i14D. The quantitative estimate of drug-likeness (QED) is 0.408. The Morgan fingerprint density at radius 2 is 1.58 bits per heavy atom. The molecule has 4 aromatic rings. The first-order valence-electron chi connectivity index (χ1n) is 9.23. The van der Waals surface area contributed by atoms with E-state index in [1.807, 2.05) is 86.1 Å². The first-order valence-corrected chi connectivity index (χ1v) is 8.73. The minimum Gasteiger partial charge on any atom is -0.206 e. The van der Waals surface area contributed by atoms with E-state index in [0.29, 0.717) is 11.6 Å². The van der Waals surface area contributed by atoms with E-state index in [-0.39, 0.29) is 5.82 Å². The van der Waals surface area contributed by atoms with Crippen molar-refractivity contribution in [3.63, 3.8) is 0 Å². The molecule has 0 radical (unpaired) electrons. The van der Waals surface area contributed by atoms with Crippen LogP contribution in [0.1, 0.15) is 12.6 Å². The maximum atomic E-state index is 14.8. The molecule has 0 fully saturated rings. The normalized spacial score (nSPS) is 11.6. The Hall–Kier alpha value is -3.00. The number of hydrogen-bond donors (Lipinski definition) is 0. The lowest BCUT2D eigenvalue weighted by atomic mass is 9.94. The summed E-state index contributed by atoms with van der Waals surface area (Å²) in [6.45, 7) is 3.89. The molecule has 0 aliphatic heterocycles. The molecule has 0 saturated carbocycles. The molecule has 0 unspecified atom stereocenters. The predicted octanol–water partition coefficient (Wildman–Crippen LogP) is 5.75. The minimum absolute atomic E-state index is 0.219. The van der Waals surface area contributed by atoms with Crippen molar-refractivity contribution >= 4 is 10.8 Å². The van der Waals surface area contributed by atoms with Gasteiger partial charge in [0.05, 0.1) is 12.3 Å². The maximum Gasteiger partial charge on any atom is 0.220 e. The lowest BCUT2D eigenvalue weighted by Gasteiger charge is -2.12. The average Bonchev–Trinajstić information content (AvgIpc) is 2.68. The van der Waals surface area contributed by atoms with Crippen molar-refractivity contribution in [2.45, 2.75) is 13.8 Å². The molecule has 128 valence electrons. The van der Waals surface area contributed by atoms with Gasteiger partial charge in [-0.1, -0.05) is 48.5 Å². The number of rotatable bonds is 2. The lowest BCUT2D eigenvalue weighted by Crippen LogP contribution is -2.35. The van der Waals surface area contributed by atoms with E-state index in [1.54, 1.807) is 6.07 Å².